The van der Waals surface area contributed by atoms with Gasteiger partial charge in [0.05, 0.1) is 40.2 Å². The molecule has 5 heterocycles. The number of amides is 1. The highest BCUT2D eigenvalue weighted by molar-refractivity contribution is 6.45. The van der Waals surface area contributed by atoms with Crippen LogP contribution in [0.3, 0.4) is 0 Å². The fraction of sp³-hybridized carbons (Fsp3) is 0.240. The SMILES string of the molecule is CCN(CCN(C)c1cn[nH]c1-c1ccccn1)C(=O)C(=O)c1c[nH]c2c(-n3cnc(C)n3)ncc(F)c12. The Bertz CT molecular complexity index is 1610. The maximum Gasteiger partial charge on any atom is 0.295 e. The second kappa shape index (κ2) is 10.2. The van der Waals surface area contributed by atoms with Gasteiger partial charge in [-0.25, -0.2) is 19.0 Å². The van der Waals surface area contributed by atoms with Gasteiger partial charge in [-0.1, -0.05) is 6.07 Å². The first kappa shape index (κ1) is 24.7. The van der Waals surface area contributed by atoms with Crippen LogP contribution in [-0.4, -0.2) is 83.2 Å². The van der Waals surface area contributed by atoms with Crippen LogP contribution in [0.1, 0.15) is 23.1 Å². The minimum Gasteiger partial charge on any atom is -0.370 e. The van der Waals surface area contributed by atoms with E-state index in [-0.39, 0.29) is 28.8 Å². The Morgan fingerprint density at radius 2 is 1.97 bits per heavy atom. The number of Topliss-reactive ketones (excluding diaryl/α,β-unsaturated/α-hetero) is 1. The molecule has 0 atom stereocenters. The van der Waals surface area contributed by atoms with Crippen molar-refractivity contribution in [2.45, 2.75) is 13.8 Å². The summed E-state index contributed by atoms with van der Waals surface area (Å²) < 4.78 is 16.2. The number of rotatable bonds is 9. The normalized spacial score (nSPS) is 11.2. The number of likely N-dealkylation sites (N-methyl/N-ethyl adjacent to an activating group) is 2. The molecule has 1 amide bonds. The van der Waals surface area contributed by atoms with Crippen LogP contribution in [0.4, 0.5) is 10.1 Å². The van der Waals surface area contributed by atoms with E-state index in [1.807, 2.05) is 30.1 Å². The second-order valence-electron chi connectivity index (χ2n) is 8.60. The predicted octanol–water partition coefficient (Wildman–Crippen LogP) is 2.54. The lowest BCUT2D eigenvalue weighted by Crippen LogP contribution is -2.41. The summed E-state index contributed by atoms with van der Waals surface area (Å²) in [7, 11) is 1.87. The number of aromatic nitrogens is 8. The lowest BCUT2D eigenvalue weighted by atomic mass is 10.1. The number of aryl methyl sites for hydroxylation is 1. The Kier molecular flexibility index (Phi) is 6.64. The summed E-state index contributed by atoms with van der Waals surface area (Å²) in [6.45, 7) is 4.48. The summed E-state index contributed by atoms with van der Waals surface area (Å²) in [6.07, 6.45) is 7.15. The number of aromatic amines is 2. The largest absolute Gasteiger partial charge is 0.370 e. The Morgan fingerprint density at radius 3 is 2.68 bits per heavy atom. The zero-order chi connectivity index (χ0) is 26.8. The highest BCUT2D eigenvalue weighted by Gasteiger charge is 2.28. The van der Waals surface area contributed by atoms with E-state index in [1.165, 1.54) is 22.1 Å². The highest BCUT2D eigenvalue weighted by atomic mass is 19.1. The van der Waals surface area contributed by atoms with Crippen LogP contribution in [-0.2, 0) is 4.79 Å². The average Bonchev–Trinajstić information content (AvgIpc) is 3.69. The third-order valence-corrected chi connectivity index (χ3v) is 6.23. The molecule has 0 bridgehead atoms. The number of H-pyrrole nitrogens is 2. The number of fused-ring (bicyclic) bond motifs is 1. The van der Waals surface area contributed by atoms with Gasteiger partial charge in [-0.05, 0) is 26.0 Å². The Balaban J connectivity index is 1.35. The first-order valence-electron chi connectivity index (χ1n) is 11.9. The van der Waals surface area contributed by atoms with Crippen molar-refractivity contribution in [3.63, 3.8) is 0 Å². The number of anilines is 1. The quantitative estimate of drug-likeness (QED) is 0.225. The zero-order valence-electron chi connectivity index (χ0n) is 21.0. The van der Waals surface area contributed by atoms with E-state index >= 15 is 0 Å². The molecule has 12 nitrogen and oxygen atoms in total. The number of pyridine rings is 2. The molecule has 0 saturated heterocycles. The summed E-state index contributed by atoms with van der Waals surface area (Å²) in [5, 5.41) is 11.3. The molecule has 0 radical (unpaired) electrons. The van der Waals surface area contributed by atoms with E-state index in [4.69, 9.17) is 0 Å². The molecule has 0 aliphatic heterocycles. The van der Waals surface area contributed by atoms with Crippen molar-refractivity contribution in [3.8, 4) is 17.2 Å². The van der Waals surface area contributed by atoms with E-state index < -0.39 is 17.5 Å². The molecular formula is C25H25FN10O2. The van der Waals surface area contributed by atoms with Crippen LogP contribution in [0.25, 0.3) is 28.1 Å². The van der Waals surface area contributed by atoms with Crippen molar-refractivity contribution in [2.75, 3.05) is 31.6 Å². The van der Waals surface area contributed by atoms with Crippen molar-refractivity contribution < 1.29 is 14.0 Å². The first-order valence-corrected chi connectivity index (χ1v) is 11.9. The number of ketones is 1. The topological polar surface area (TPSA) is 142 Å². The van der Waals surface area contributed by atoms with Crippen LogP contribution >= 0.6 is 0 Å². The smallest absolute Gasteiger partial charge is 0.295 e. The summed E-state index contributed by atoms with van der Waals surface area (Å²) in [6, 6.07) is 5.59. The standard InChI is InChI=1S/C25H25FN10O2/c1-4-35(10-9-34(3)19-13-31-32-21(19)18-7-5-6-8-27-18)25(38)23(37)16-11-28-22-20(16)17(26)12-29-24(22)36-14-30-15(2)33-36/h5-8,11-14,28H,4,9-10H2,1-3H3,(H,31,32). The molecule has 5 aromatic rings. The van der Waals surface area contributed by atoms with Gasteiger partial charge in [0.2, 0.25) is 0 Å². The molecule has 0 aliphatic rings. The lowest BCUT2D eigenvalue weighted by molar-refractivity contribution is -0.126. The van der Waals surface area contributed by atoms with Crippen molar-refractivity contribution in [1.82, 2.24) is 44.8 Å². The fourth-order valence-corrected chi connectivity index (χ4v) is 4.22. The average molecular weight is 517 g/mol. The van der Waals surface area contributed by atoms with Gasteiger partial charge in [0.1, 0.15) is 17.8 Å². The van der Waals surface area contributed by atoms with Crippen molar-refractivity contribution in [1.29, 1.82) is 0 Å². The third-order valence-electron chi connectivity index (χ3n) is 6.23. The van der Waals surface area contributed by atoms with Gasteiger partial charge in [0.25, 0.3) is 11.7 Å². The maximum atomic E-state index is 14.9. The number of carbonyl (C=O) groups excluding carboxylic acids is 2. The molecule has 0 aliphatic carbocycles. The molecule has 0 spiro atoms. The van der Waals surface area contributed by atoms with Gasteiger partial charge in [-0.3, -0.25) is 19.7 Å². The molecular weight excluding hydrogens is 491 g/mol. The summed E-state index contributed by atoms with van der Waals surface area (Å²) in [4.78, 5) is 45.2. The van der Waals surface area contributed by atoms with E-state index in [9.17, 15) is 14.0 Å². The Labute approximate surface area is 216 Å². The maximum absolute atomic E-state index is 14.9. The number of halogens is 1. The van der Waals surface area contributed by atoms with E-state index in [0.717, 1.165) is 23.3 Å². The molecule has 0 aromatic carbocycles. The second-order valence-corrected chi connectivity index (χ2v) is 8.60. The van der Waals surface area contributed by atoms with Crippen LogP contribution in [0.5, 0.6) is 0 Å². The molecule has 0 saturated carbocycles. The number of nitrogens with zero attached hydrogens (tertiary/aromatic N) is 8. The van der Waals surface area contributed by atoms with E-state index in [2.05, 4.69) is 35.2 Å². The predicted molar refractivity (Wildman–Crippen MR) is 137 cm³/mol. The molecule has 5 aromatic heterocycles. The number of nitrogens with one attached hydrogen (secondary N) is 2. The lowest BCUT2D eigenvalue weighted by Gasteiger charge is -2.25. The van der Waals surface area contributed by atoms with Crippen molar-refractivity contribution in [2.24, 2.45) is 0 Å². The summed E-state index contributed by atoms with van der Waals surface area (Å²) in [5.74, 6) is -1.49. The number of hydrogen-bond acceptors (Lipinski definition) is 8. The van der Waals surface area contributed by atoms with Crippen LogP contribution in [0.15, 0.2) is 49.3 Å². The van der Waals surface area contributed by atoms with Crippen molar-refractivity contribution >= 4 is 28.3 Å². The molecule has 13 heteroatoms. The number of carbonyl (C=O) groups is 2. The Morgan fingerprint density at radius 1 is 1.13 bits per heavy atom. The van der Waals surface area contributed by atoms with Crippen LogP contribution in [0, 0.1) is 12.7 Å². The summed E-state index contributed by atoms with van der Waals surface area (Å²) in [5.41, 5.74) is 2.47. The van der Waals surface area contributed by atoms with Gasteiger partial charge >= 0.3 is 0 Å². The highest BCUT2D eigenvalue weighted by Crippen LogP contribution is 2.27. The molecule has 2 N–H and O–H groups in total. The van der Waals surface area contributed by atoms with Crippen LogP contribution < -0.4 is 4.90 Å². The van der Waals surface area contributed by atoms with Gasteiger partial charge < -0.3 is 14.8 Å². The van der Waals surface area contributed by atoms with Gasteiger partial charge in [-0.15, -0.1) is 0 Å². The molecule has 5 rings (SSSR count). The first-order chi connectivity index (χ1) is 18.4. The van der Waals surface area contributed by atoms with E-state index in [1.54, 1.807) is 26.2 Å². The third kappa shape index (κ3) is 4.49. The molecule has 0 unspecified atom stereocenters. The molecule has 194 valence electrons. The zero-order valence-corrected chi connectivity index (χ0v) is 21.0. The van der Waals surface area contributed by atoms with Gasteiger partial charge in [0, 0.05) is 39.1 Å². The minimum atomic E-state index is -0.816. The number of hydrogen-bond donors (Lipinski definition) is 2. The Hall–Kier alpha value is -4.94. The fourth-order valence-electron chi connectivity index (χ4n) is 4.22. The minimum absolute atomic E-state index is 0.0203. The monoisotopic (exact) mass is 516 g/mol. The molecule has 38 heavy (non-hydrogen) atoms. The van der Waals surface area contributed by atoms with Gasteiger partial charge in [-0.2, -0.15) is 10.2 Å². The van der Waals surface area contributed by atoms with E-state index in [0.29, 0.717) is 18.9 Å². The van der Waals surface area contributed by atoms with Crippen LogP contribution in [0.2, 0.25) is 0 Å². The van der Waals surface area contributed by atoms with Gasteiger partial charge in [0.15, 0.2) is 11.6 Å². The van der Waals surface area contributed by atoms with Crippen molar-refractivity contribution in [3.05, 3.63) is 66.5 Å². The summed E-state index contributed by atoms with van der Waals surface area (Å²) >= 11 is 0. The molecule has 0 fully saturated rings.